The maximum Gasteiger partial charge on any atom is 0.170 e. The van der Waals surface area contributed by atoms with Crippen LogP contribution in [0, 0.1) is 0 Å². The van der Waals surface area contributed by atoms with Crippen LogP contribution in [0.25, 0.3) is 0 Å². The summed E-state index contributed by atoms with van der Waals surface area (Å²) in [5.41, 5.74) is 0.705. The predicted molar refractivity (Wildman–Crippen MR) is 58.8 cm³/mol. The van der Waals surface area contributed by atoms with Crippen molar-refractivity contribution in [1.29, 1.82) is 0 Å². The van der Waals surface area contributed by atoms with Gasteiger partial charge in [0.1, 0.15) is 11.9 Å². The van der Waals surface area contributed by atoms with E-state index in [4.69, 9.17) is 9.47 Å². The fourth-order valence-electron chi connectivity index (χ4n) is 2.40. The van der Waals surface area contributed by atoms with Crippen molar-refractivity contribution >= 4 is 5.78 Å². The zero-order valence-electron chi connectivity index (χ0n) is 9.02. The summed E-state index contributed by atoms with van der Waals surface area (Å²) in [6.45, 7) is 0.792. The highest BCUT2D eigenvalue weighted by molar-refractivity contribution is 5.99. The van der Waals surface area contributed by atoms with Crippen molar-refractivity contribution in [3.05, 3.63) is 29.8 Å². The van der Waals surface area contributed by atoms with Gasteiger partial charge in [0, 0.05) is 6.61 Å². The van der Waals surface area contributed by atoms with Gasteiger partial charge >= 0.3 is 0 Å². The second-order valence-corrected chi connectivity index (χ2v) is 4.33. The molecule has 1 fully saturated rings. The SMILES string of the molecule is O=C1CC(C2CCCO2)Oc2ccccc21. The standard InChI is InChI=1S/C13H14O3/c14-10-8-13(12-6-3-7-15-12)16-11-5-2-1-4-9(10)11/h1-2,4-5,12-13H,3,6-8H2. The third-order valence-electron chi connectivity index (χ3n) is 3.23. The van der Waals surface area contributed by atoms with E-state index in [1.54, 1.807) is 0 Å². The highest BCUT2D eigenvalue weighted by Gasteiger charge is 2.34. The number of para-hydroxylation sites is 1. The van der Waals surface area contributed by atoms with E-state index in [1.807, 2.05) is 24.3 Å². The lowest BCUT2D eigenvalue weighted by atomic mass is 9.97. The number of ketones is 1. The van der Waals surface area contributed by atoms with E-state index in [0.717, 1.165) is 19.4 Å². The average molecular weight is 218 g/mol. The number of carbonyl (C=O) groups is 1. The molecule has 2 atom stereocenters. The molecule has 0 aliphatic carbocycles. The van der Waals surface area contributed by atoms with Gasteiger partial charge in [-0.2, -0.15) is 0 Å². The minimum atomic E-state index is -0.0927. The van der Waals surface area contributed by atoms with Crippen LogP contribution in [0.4, 0.5) is 0 Å². The largest absolute Gasteiger partial charge is 0.486 e. The number of hydrogen-bond acceptors (Lipinski definition) is 3. The molecule has 0 bridgehead atoms. The first-order valence-electron chi connectivity index (χ1n) is 5.75. The molecule has 0 radical (unpaired) electrons. The maximum atomic E-state index is 11.9. The van der Waals surface area contributed by atoms with Gasteiger partial charge in [-0.15, -0.1) is 0 Å². The maximum absolute atomic E-state index is 11.9. The molecule has 2 aliphatic heterocycles. The molecule has 2 heterocycles. The van der Waals surface area contributed by atoms with E-state index in [1.165, 1.54) is 0 Å². The lowest BCUT2D eigenvalue weighted by Crippen LogP contribution is -2.36. The van der Waals surface area contributed by atoms with Crippen LogP contribution >= 0.6 is 0 Å². The number of ether oxygens (including phenoxy) is 2. The summed E-state index contributed by atoms with van der Waals surface area (Å²) in [7, 11) is 0. The summed E-state index contributed by atoms with van der Waals surface area (Å²) in [5, 5.41) is 0. The van der Waals surface area contributed by atoms with Crippen molar-refractivity contribution < 1.29 is 14.3 Å². The summed E-state index contributed by atoms with van der Waals surface area (Å²) in [6, 6.07) is 7.44. The molecule has 0 spiro atoms. The molecule has 2 aliphatic rings. The van der Waals surface area contributed by atoms with Gasteiger partial charge < -0.3 is 9.47 Å². The van der Waals surface area contributed by atoms with Crippen LogP contribution in [-0.2, 0) is 4.74 Å². The van der Waals surface area contributed by atoms with Gasteiger partial charge in [-0.3, -0.25) is 4.79 Å². The molecule has 1 saturated heterocycles. The van der Waals surface area contributed by atoms with Crippen LogP contribution in [0.1, 0.15) is 29.6 Å². The monoisotopic (exact) mass is 218 g/mol. The molecule has 16 heavy (non-hydrogen) atoms. The molecule has 1 aromatic carbocycles. The summed E-state index contributed by atoms with van der Waals surface area (Å²) in [6.07, 6.45) is 2.52. The highest BCUT2D eigenvalue weighted by Crippen LogP contribution is 2.31. The molecule has 0 amide bonds. The van der Waals surface area contributed by atoms with Crippen LogP contribution in [0.2, 0.25) is 0 Å². The average Bonchev–Trinajstić information content (AvgIpc) is 2.82. The summed E-state index contributed by atoms with van der Waals surface area (Å²) < 4.78 is 11.4. The van der Waals surface area contributed by atoms with Gasteiger partial charge in [-0.05, 0) is 25.0 Å². The van der Waals surface area contributed by atoms with E-state index >= 15 is 0 Å². The minimum absolute atomic E-state index is 0.0927. The molecular weight excluding hydrogens is 204 g/mol. The minimum Gasteiger partial charge on any atom is -0.486 e. The second kappa shape index (κ2) is 3.91. The first-order chi connectivity index (χ1) is 7.84. The van der Waals surface area contributed by atoms with Crippen LogP contribution < -0.4 is 4.74 Å². The number of benzene rings is 1. The molecule has 0 N–H and O–H groups in total. The summed E-state index contributed by atoms with van der Waals surface area (Å²) >= 11 is 0. The Morgan fingerprint density at radius 2 is 2.06 bits per heavy atom. The van der Waals surface area contributed by atoms with Crippen molar-refractivity contribution in [2.24, 2.45) is 0 Å². The van der Waals surface area contributed by atoms with Crippen LogP contribution in [-0.4, -0.2) is 24.6 Å². The third-order valence-corrected chi connectivity index (χ3v) is 3.23. The van der Waals surface area contributed by atoms with Gasteiger partial charge in [0.05, 0.1) is 18.1 Å². The van der Waals surface area contributed by atoms with Crippen LogP contribution in [0.15, 0.2) is 24.3 Å². The van der Waals surface area contributed by atoms with Gasteiger partial charge in [0.25, 0.3) is 0 Å². The van der Waals surface area contributed by atoms with Gasteiger partial charge in [0.2, 0.25) is 0 Å². The molecule has 84 valence electrons. The molecule has 0 saturated carbocycles. The lowest BCUT2D eigenvalue weighted by molar-refractivity contribution is 0.00490. The molecule has 1 aromatic rings. The van der Waals surface area contributed by atoms with Crippen LogP contribution in [0.5, 0.6) is 5.75 Å². The van der Waals surface area contributed by atoms with Crippen molar-refractivity contribution in [2.45, 2.75) is 31.5 Å². The Balaban J connectivity index is 1.85. The van der Waals surface area contributed by atoms with E-state index < -0.39 is 0 Å². The Kier molecular flexibility index (Phi) is 2.40. The van der Waals surface area contributed by atoms with E-state index in [-0.39, 0.29) is 18.0 Å². The number of Topliss-reactive ketones (excluding diaryl/α,β-unsaturated/α-hetero) is 1. The quantitative estimate of drug-likeness (QED) is 0.725. The Morgan fingerprint density at radius 1 is 1.19 bits per heavy atom. The normalized spacial score (nSPS) is 28.6. The van der Waals surface area contributed by atoms with Crippen molar-refractivity contribution in [1.82, 2.24) is 0 Å². The lowest BCUT2D eigenvalue weighted by Gasteiger charge is -2.28. The summed E-state index contributed by atoms with van der Waals surface area (Å²) in [4.78, 5) is 11.9. The third kappa shape index (κ3) is 1.61. The number of hydrogen-bond donors (Lipinski definition) is 0. The number of fused-ring (bicyclic) bond motifs is 1. The molecule has 3 nitrogen and oxygen atoms in total. The number of carbonyl (C=O) groups excluding carboxylic acids is 1. The fraction of sp³-hybridized carbons (Fsp3) is 0.462. The van der Waals surface area contributed by atoms with Crippen molar-refractivity contribution in [3.8, 4) is 5.75 Å². The predicted octanol–water partition coefficient (Wildman–Crippen LogP) is 2.20. The topological polar surface area (TPSA) is 35.5 Å². The Morgan fingerprint density at radius 3 is 2.88 bits per heavy atom. The molecule has 0 aromatic heterocycles. The van der Waals surface area contributed by atoms with Gasteiger partial charge in [-0.1, -0.05) is 12.1 Å². The highest BCUT2D eigenvalue weighted by atomic mass is 16.5. The van der Waals surface area contributed by atoms with Crippen molar-refractivity contribution in [3.63, 3.8) is 0 Å². The fourth-order valence-corrected chi connectivity index (χ4v) is 2.40. The zero-order valence-corrected chi connectivity index (χ0v) is 9.02. The summed E-state index contributed by atoms with van der Waals surface area (Å²) in [5.74, 6) is 0.876. The molecule has 3 rings (SSSR count). The van der Waals surface area contributed by atoms with Gasteiger partial charge in [0.15, 0.2) is 5.78 Å². The second-order valence-electron chi connectivity index (χ2n) is 4.33. The molecular formula is C13H14O3. The number of rotatable bonds is 1. The smallest absolute Gasteiger partial charge is 0.170 e. The Labute approximate surface area is 94.4 Å². The van der Waals surface area contributed by atoms with Crippen LogP contribution in [0.3, 0.4) is 0 Å². The first kappa shape index (κ1) is 9.85. The molecule has 3 heteroatoms. The van der Waals surface area contributed by atoms with E-state index in [0.29, 0.717) is 17.7 Å². The Bertz CT molecular complexity index is 407. The Hall–Kier alpha value is -1.35. The van der Waals surface area contributed by atoms with E-state index in [9.17, 15) is 4.79 Å². The molecule has 2 unspecified atom stereocenters. The van der Waals surface area contributed by atoms with Gasteiger partial charge in [-0.25, -0.2) is 0 Å². The first-order valence-corrected chi connectivity index (χ1v) is 5.75. The van der Waals surface area contributed by atoms with E-state index in [2.05, 4.69) is 0 Å². The zero-order chi connectivity index (χ0) is 11.0. The van der Waals surface area contributed by atoms with Crippen molar-refractivity contribution in [2.75, 3.05) is 6.61 Å².